The van der Waals surface area contributed by atoms with Crippen molar-refractivity contribution in [1.82, 2.24) is 4.57 Å². The van der Waals surface area contributed by atoms with Crippen LogP contribution in [0.2, 0.25) is 0 Å². The third-order valence-electron chi connectivity index (χ3n) is 3.83. The second kappa shape index (κ2) is 4.69. The first kappa shape index (κ1) is 13.5. The van der Waals surface area contributed by atoms with E-state index in [1.807, 2.05) is 37.3 Å². The third kappa shape index (κ3) is 1.63. The first-order valence-electron chi connectivity index (χ1n) is 6.78. The number of aliphatic hydroxyl groups is 1. The van der Waals surface area contributed by atoms with Crippen molar-refractivity contribution in [2.45, 2.75) is 6.92 Å². The molecule has 1 aromatic carbocycles. The number of alkyl halides is 1. The predicted octanol–water partition coefficient (Wildman–Crippen LogP) is 2.16. The van der Waals surface area contributed by atoms with Gasteiger partial charge in [-0.1, -0.05) is 12.1 Å². The number of hydrogen-bond acceptors (Lipinski definition) is 3. The molecule has 0 bridgehead atoms. The van der Waals surface area contributed by atoms with Crippen molar-refractivity contribution in [2.24, 2.45) is 0 Å². The number of nitrogens with zero attached hydrogens (tertiary/aromatic N) is 2. The molecule has 3 heterocycles. The quantitative estimate of drug-likeness (QED) is 0.330. The summed E-state index contributed by atoms with van der Waals surface area (Å²) in [6, 6.07) is 9.81. The number of aryl methyl sites for hydroxylation is 1. The van der Waals surface area contributed by atoms with Crippen LogP contribution in [0.15, 0.2) is 41.3 Å². The van der Waals surface area contributed by atoms with Gasteiger partial charge in [-0.15, -0.1) is 22.9 Å². The highest BCUT2D eigenvalue weighted by atomic mass is 35.5. The Labute approximate surface area is 134 Å². The molecule has 2 aliphatic rings. The van der Waals surface area contributed by atoms with Crippen LogP contribution in [0, 0.1) is 6.92 Å². The number of fused-ring (bicyclic) bond motifs is 2. The van der Waals surface area contributed by atoms with Crippen molar-refractivity contribution in [2.75, 3.05) is 5.88 Å². The lowest BCUT2D eigenvalue weighted by Gasteiger charge is -2.05. The SMILES string of the molecule is Cc1cccc2sc3ccc[n+]4c3-n(c(=O)/c4=C(/O)CCl)c12. The molecule has 4 rings (SSSR count). The Morgan fingerprint density at radius 3 is 2.86 bits per heavy atom. The summed E-state index contributed by atoms with van der Waals surface area (Å²) in [4.78, 5) is 12.9. The van der Waals surface area contributed by atoms with Gasteiger partial charge in [-0.25, -0.2) is 4.79 Å². The van der Waals surface area contributed by atoms with E-state index < -0.39 is 0 Å². The molecule has 0 saturated carbocycles. The Morgan fingerprint density at radius 2 is 2.09 bits per heavy atom. The molecule has 0 fully saturated rings. The van der Waals surface area contributed by atoms with Crippen LogP contribution in [0.25, 0.3) is 26.5 Å². The number of rotatable bonds is 1. The molecule has 2 aromatic rings. The van der Waals surface area contributed by atoms with Crippen molar-refractivity contribution >= 4 is 43.6 Å². The number of benzene rings is 1. The molecule has 22 heavy (non-hydrogen) atoms. The maximum absolute atomic E-state index is 12.9. The molecule has 0 spiro atoms. The van der Waals surface area contributed by atoms with Gasteiger partial charge in [0.05, 0.1) is 16.8 Å². The van der Waals surface area contributed by atoms with Crippen LogP contribution in [0.1, 0.15) is 5.56 Å². The summed E-state index contributed by atoms with van der Waals surface area (Å²) in [5.41, 5.74) is 1.65. The number of hydrogen-bond donors (Lipinski definition) is 1. The van der Waals surface area contributed by atoms with E-state index in [0.717, 1.165) is 26.3 Å². The van der Waals surface area contributed by atoms with Gasteiger partial charge in [0.25, 0.3) is 5.35 Å². The number of aromatic nitrogens is 2. The second-order valence-corrected chi connectivity index (χ2v) is 6.51. The van der Waals surface area contributed by atoms with Crippen LogP contribution in [-0.2, 0) is 0 Å². The molecular formula is C16H12ClN2O2S+. The Hall–Kier alpha value is -2.11. The van der Waals surface area contributed by atoms with Gasteiger partial charge in [0.15, 0.2) is 11.3 Å². The van der Waals surface area contributed by atoms with E-state index in [1.165, 1.54) is 0 Å². The fraction of sp³-hybridized carbons (Fsp3) is 0.125. The highest BCUT2D eigenvalue weighted by molar-refractivity contribution is 7.24. The molecule has 2 aliphatic heterocycles. The Morgan fingerprint density at radius 1 is 1.32 bits per heavy atom. The highest BCUT2D eigenvalue weighted by Gasteiger charge is 2.30. The monoisotopic (exact) mass is 331 g/mol. The van der Waals surface area contributed by atoms with Gasteiger partial charge in [0.1, 0.15) is 4.70 Å². The molecule has 6 heteroatoms. The number of aliphatic hydroxyl groups excluding tert-OH is 1. The zero-order valence-corrected chi connectivity index (χ0v) is 13.3. The van der Waals surface area contributed by atoms with Crippen LogP contribution < -0.4 is 15.3 Å². The van der Waals surface area contributed by atoms with Gasteiger partial charge in [0, 0.05) is 0 Å². The fourth-order valence-corrected chi connectivity index (χ4v) is 4.20. The summed E-state index contributed by atoms with van der Waals surface area (Å²) in [5.74, 6) is 0.560. The van der Waals surface area contributed by atoms with Crippen molar-refractivity contribution in [1.29, 1.82) is 0 Å². The van der Waals surface area contributed by atoms with E-state index in [2.05, 4.69) is 0 Å². The van der Waals surface area contributed by atoms with Gasteiger partial charge in [-0.05, 0) is 30.7 Å². The summed E-state index contributed by atoms with van der Waals surface area (Å²) in [5, 5.41) is 10.3. The fourth-order valence-electron chi connectivity index (χ4n) is 2.92. The van der Waals surface area contributed by atoms with Crippen LogP contribution in [-0.4, -0.2) is 15.6 Å². The molecule has 0 unspecified atom stereocenters. The lowest BCUT2D eigenvalue weighted by Crippen LogP contribution is -2.45. The molecule has 0 saturated heterocycles. The van der Waals surface area contributed by atoms with Crippen molar-refractivity contribution in [3.8, 4) is 5.82 Å². The number of imidazole rings is 1. The molecule has 110 valence electrons. The van der Waals surface area contributed by atoms with Gasteiger partial charge >= 0.3 is 11.4 Å². The van der Waals surface area contributed by atoms with Gasteiger partial charge in [-0.3, -0.25) is 0 Å². The molecule has 0 atom stereocenters. The summed E-state index contributed by atoms with van der Waals surface area (Å²) >= 11 is 7.37. The summed E-state index contributed by atoms with van der Waals surface area (Å²) < 4.78 is 5.41. The van der Waals surface area contributed by atoms with Gasteiger partial charge < -0.3 is 5.11 Å². The van der Waals surface area contributed by atoms with Crippen LogP contribution in [0.3, 0.4) is 0 Å². The van der Waals surface area contributed by atoms with E-state index in [-0.39, 0.29) is 22.5 Å². The van der Waals surface area contributed by atoms with E-state index in [1.54, 1.807) is 26.5 Å². The van der Waals surface area contributed by atoms with Crippen molar-refractivity contribution < 1.29 is 9.51 Å². The van der Waals surface area contributed by atoms with E-state index in [4.69, 9.17) is 11.6 Å². The number of halogens is 1. The molecule has 1 aromatic heterocycles. The molecule has 0 amide bonds. The molecule has 4 nitrogen and oxygen atoms in total. The minimum atomic E-state index is -0.249. The minimum Gasteiger partial charge on any atom is -0.506 e. The lowest BCUT2D eigenvalue weighted by atomic mass is 10.2. The molecular weight excluding hydrogens is 320 g/mol. The van der Waals surface area contributed by atoms with Gasteiger partial charge in [-0.2, -0.15) is 8.97 Å². The number of pyridine rings is 1. The standard InChI is InChI=1S/C16H11ClN2O2S/c1-9-4-2-5-11-13(9)19-15-12(22-11)6-3-7-18(15)14(16(19)21)10(20)8-17/h2-7H,8H2,1H3/p+1. The van der Waals surface area contributed by atoms with Gasteiger partial charge in [0.2, 0.25) is 0 Å². The zero-order chi connectivity index (χ0) is 15.4. The smallest absolute Gasteiger partial charge is 0.390 e. The van der Waals surface area contributed by atoms with Crippen molar-refractivity contribution in [3.63, 3.8) is 0 Å². The minimum absolute atomic E-state index is 0.0979. The molecule has 0 aliphatic carbocycles. The first-order valence-corrected chi connectivity index (χ1v) is 8.13. The van der Waals surface area contributed by atoms with Crippen LogP contribution in [0.4, 0.5) is 0 Å². The van der Waals surface area contributed by atoms with Crippen molar-refractivity contribution in [3.05, 3.63) is 57.8 Å². The van der Waals surface area contributed by atoms with Crippen LogP contribution in [0.5, 0.6) is 0 Å². The summed E-state index contributed by atoms with van der Waals surface area (Å²) in [7, 11) is 0. The average Bonchev–Trinajstić information content (AvgIpc) is 2.81. The Bertz CT molecular complexity index is 1110. The second-order valence-electron chi connectivity index (χ2n) is 5.16. The molecule has 1 N–H and O–H groups in total. The van der Waals surface area contributed by atoms with E-state index in [9.17, 15) is 9.90 Å². The summed E-state index contributed by atoms with van der Waals surface area (Å²) in [6.07, 6.45) is 1.78. The van der Waals surface area contributed by atoms with E-state index >= 15 is 0 Å². The Balaban J connectivity index is 2.45. The highest BCUT2D eigenvalue weighted by Crippen LogP contribution is 2.29. The largest absolute Gasteiger partial charge is 0.506 e. The Kier molecular flexibility index (Phi) is 2.89. The van der Waals surface area contributed by atoms with E-state index in [0.29, 0.717) is 0 Å². The number of para-hydroxylation sites is 1. The summed E-state index contributed by atoms with van der Waals surface area (Å²) in [6.45, 7) is 1.98. The molecule has 0 radical (unpaired) electrons. The third-order valence-corrected chi connectivity index (χ3v) is 5.17. The lowest BCUT2D eigenvalue weighted by molar-refractivity contribution is -0.543. The predicted molar refractivity (Wildman–Crippen MR) is 88.5 cm³/mol. The van der Waals surface area contributed by atoms with Crippen LogP contribution >= 0.6 is 22.9 Å². The average molecular weight is 332 g/mol. The maximum Gasteiger partial charge on any atom is 0.390 e. The first-order chi connectivity index (χ1) is 10.6. The maximum atomic E-state index is 12.9. The topological polar surface area (TPSA) is 46.3 Å². The normalized spacial score (nSPS) is 13.4. The zero-order valence-electron chi connectivity index (χ0n) is 11.7.